The quantitative estimate of drug-likeness (QED) is 0.616. The van der Waals surface area contributed by atoms with Crippen LogP contribution < -0.4 is 5.32 Å². The van der Waals surface area contributed by atoms with Gasteiger partial charge in [-0.05, 0) is 20.9 Å². The number of amides is 2. The van der Waals surface area contributed by atoms with Gasteiger partial charge in [-0.3, -0.25) is 19.8 Å². The van der Waals surface area contributed by atoms with E-state index in [0.29, 0.717) is 13.2 Å². The first kappa shape index (κ1) is 11.1. The maximum absolute atomic E-state index is 11.6. The average Bonchev–Trinajstić information content (AvgIpc) is 2.11. The summed E-state index contributed by atoms with van der Waals surface area (Å²) >= 11 is 0. The van der Waals surface area contributed by atoms with Crippen molar-refractivity contribution in [3.05, 3.63) is 0 Å². The van der Waals surface area contributed by atoms with Crippen LogP contribution in [0.3, 0.4) is 0 Å². The molecule has 1 N–H and O–H groups in total. The van der Waals surface area contributed by atoms with Gasteiger partial charge in [0.15, 0.2) is 0 Å². The number of ether oxygens (including phenoxy) is 1. The summed E-state index contributed by atoms with van der Waals surface area (Å²) in [6, 6.07) is 0. The lowest BCUT2D eigenvalue weighted by atomic mass is 9.98. The Bertz CT molecular complexity index is 254. The van der Waals surface area contributed by atoms with Gasteiger partial charge in [0, 0.05) is 6.61 Å². The highest BCUT2D eigenvalue weighted by molar-refractivity contribution is 6.03. The molecule has 1 heterocycles. The van der Waals surface area contributed by atoms with Gasteiger partial charge < -0.3 is 4.74 Å². The first-order valence-corrected chi connectivity index (χ1v) is 4.64. The van der Waals surface area contributed by atoms with Crippen LogP contribution in [0.2, 0.25) is 0 Å². The van der Waals surface area contributed by atoms with Crippen LogP contribution in [-0.4, -0.2) is 49.1 Å². The molecule has 1 atom stereocenters. The van der Waals surface area contributed by atoms with Crippen molar-refractivity contribution in [3.8, 4) is 0 Å². The highest BCUT2D eigenvalue weighted by Gasteiger charge is 2.42. The Morgan fingerprint density at radius 2 is 2.21 bits per heavy atom. The van der Waals surface area contributed by atoms with Gasteiger partial charge in [-0.2, -0.15) is 0 Å². The van der Waals surface area contributed by atoms with E-state index in [4.69, 9.17) is 4.74 Å². The van der Waals surface area contributed by atoms with Gasteiger partial charge in [0.1, 0.15) is 5.54 Å². The van der Waals surface area contributed by atoms with Crippen LogP contribution in [0.1, 0.15) is 13.8 Å². The number of hydrogen-bond donors (Lipinski definition) is 1. The third kappa shape index (κ3) is 1.93. The molecule has 5 nitrogen and oxygen atoms in total. The zero-order chi connectivity index (χ0) is 10.8. The summed E-state index contributed by atoms with van der Waals surface area (Å²) < 4.78 is 5.24. The second kappa shape index (κ2) is 4.06. The van der Waals surface area contributed by atoms with Crippen molar-refractivity contribution in [2.75, 3.05) is 26.8 Å². The Morgan fingerprint density at radius 1 is 1.57 bits per heavy atom. The van der Waals surface area contributed by atoms with Crippen LogP contribution >= 0.6 is 0 Å². The van der Waals surface area contributed by atoms with Gasteiger partial charge in [-0.1, -0.05) is 0 Å². The van der Waals surface area contributed by atoms with Crippen LogP contribution in [0.5, 0.6) is 0 Å². The smallest absolute Gasteiger partial charge is 0.249 e. The first-order valence-electron chi connectivity index (χ1n) is 4.64. The lowest BCUT2D eigenvalue weighted by Gasteiger charge is -2.39. The summed E-state index contributed by atoms with van der Waals surface area (Å²) in [7, 11) is 1.75. The van der Waals surface area contributed by atoms with E-state index < -0.39 is 5.54 Å². The zero-order valence-corrected chi connectivity index (χ0v) is 8.79. The third-order valence-corrected chi connectivity index (χ3v) is 2.55. The molecule has 5 heteroatoms. The van der Waals surface area contributed by atoms with Crippen molar-refractivity contribution in [3.63, 3.8) is 0 Å². The van der Waals surface area contributed by atoms with E-state index in [1.54, 1.807) is 18.9 Å². The summed E-state index contributed by atoms with van der Waals surface area (Å²) in [4.78, 5) is 24.3. The highest BCUT2D eigenvalue weighted by Crippen LogP contribution is 2.17. The molecule has 0 bridgehead atoms. The van der Waals surface area contributed by atoms with E-state index in [9.17, 15) is 9.59 Å². The number of piperazine rings is 1. The summed E-state index contributed by atoms with van der Waals surface area (Å²) in [5, 5.41) is 2.31. The number of nitrogens with zero attached hydrogens (tertiary/aromatic N) is 1. The molecule has 0 aliphatic carbocycles. The summed E-state index contributed by atoms with van der Waals surface area (Å²) in [5.74, 6) is -0.545. The Labute approximate surface area is 83.4 Å². The van der Waals surface area contributed by atoms with Crippen LogP contribution in [0.4, 0.5) is 0 Å². The van der Waals surface area contributed by atoms with Crippen molar-refractivity contribution in [2.24, 2.45) is 0 Å². The van der Waals surface area contributed by atoms with Gasteiger partial charge in [-0.25, -0.2) is 0 Å². The Hall–Kier alpha value is -0.940. The molecular weight excluding hydrogens is 184 g/mol. The maximum atomic E-state index is 11.6. The summed E-state index contributed by atoms with van der Waals surface area (Å²) in [6.45, 7) is 4.73. The van der Waals surface area contributed by atoms with Crippen molar-refractivity contribution in [2.45, 2.75) is 19.4 Å². The second-order valence-corrected chi connectivity index (χ2v) is 3.64. The van der Waals surface area contributed by atoms with Crippen molar-refractivity contribution >= 4 is 11.8 Å². The van der Waals surface area contributed by atoms with E-state index in [0.717, 1.165) is 0 Å². The van der Waals surface area contributed by atoms with Crippen molar-refractivity contribution < 1.29 is 14.3 Å². The minimum atomic E-state index is -0.732. The monoisotopic (exact) mass is 200 g/mol. The van der Waals surface area contributed by atoms with Crippen LogP contribution in [0.15, 0.2) is 0 Å². The van der Waals surface area contributed by atoms with Gasteiger partial charge in [0.05, 0.1) is 13.2 Å². The van der Waals surface area contributed by atoms with Crippen molar-refractivity contribution in [1.82, 2.24) is 10.2 Å². The number of hydrogen-bond acceptors (Lipinski definition) is 4. The highest BCUT2D eigenvalue weighted by atomic mass is 16.5. The molecule has 0 radical (unpaired) electrons. The summed E-state index contributed by atoms with van der Waals surface area (Å²) in [5.41, 5.74) is -0.732. The molecule has 0 aromatic heterocycles. The minimum absolute atomic E-state index is 0.231. The van der Waals surface area contributed by atoms with Gasteiger partial charge in [-0.15, -0.1) is 0 Å². The lowest BCUT2D eigenvalue weighted by Crippen LogP contribution is -2.66. The number of rotatable bonds is 3. The number of nitrogens with one attached hydrogen (secondary N) is 1. The standard InChI is InChI=1S/C9H16N2O3/c1-4-14-6-9(2)8(13)10-7(12)5-11(9)3/h4-6H2,1-3H3,(H,10,12,13). The predicted octanol–water partition coefficient (Wildman–Crippen LogP) is -0.630. The summed E-state index contributed by atoms with van der Waals surface area (Å²) in [6.07, 6.45) is 0. The van der Waals surface area contributed by atoms with Gasteiger partial charge >= 0.3 is 0 Å². The third-order valence-electron chi connectivity index (χ3n) is 2.55. The Balaban J connectivity index is 2.73. The Kier molecular flexibility index (Phi) is 3.23. The van der Waals surface area contributed by atoms with E-state index >= 15 is 0 Å². The van der Waals surface area contributed by atoms with E-state index in [2.05, 4.69) is 5.32 Å². The SMILES string of the molecule is CCOCC1(C)C(=O)NC(=O)CN1C. The molecule has 1 saturated heterocycles. The molecule has 1 rings (SSSR count). The average molecular weight is 200 g/mol. The van der Waals surface area contributed by atoms with Crippen molar-refractivity contribution in [1.29, 1.82) is 0 Å². The Morgan fingerprint density at radius 3 is 2.71 bits per heavy atom. The number of carbonyl (C=O) groups is 2. The topological polar surface area (TPSA) is 58.6 Å². The van der Waals surface area contributed by atoms with Crippen LogP contribution in [0, 0.1) is 0 Å². The maximum Gasteiger partial charge on any atom is 0.249 e. The predicted molar refractivity (Wildman–Crippen MR) is 50.7 cm³/mol. The molecule has 1 fully saturated rings. The van der Waals surface area contributed by atoms with Gasteiger partial charge in [0.25, 0.3) is 0 Å². The molecule has 2 amide bonds. The van der Waals surface area contributed by atoms with E-state index in [1.807, 2.05) is 6.92 Å². The van der Waals surface area contributed by atoms with Crippen LogP contribution in [0.25, 0.3) is 0 Å². The van der Waals surface area contributed by atoms with Gasteiger partial charge in [0.2, 0.25) is 11.8 Å². The second-order valence-electron chi connectivity index (χ2n) is 3.64. The zero-order valence-electron chi connectivity index (χ0n) is 8.79. The molecule has 0 aromatic carbocycles. The largest absolute Gasteiger partial charge is 0.379 e. The molecule has 1 aliphatic heterocycles. The molecule has 1 aliphatic rings. The van der Waals surface area contributed by atoms with E-state index in [1.165, 1.54) is 0 Å². The minimum Gasteiger partial charge on any atom is -0.379 e. The molecule has 80 valence electrons. The molecule has 0 aromatic rings. The van der Waals surface area contributed by atoms with Crippen LogP contribution in [-0.2, 0) is 14.3 Å². The number of imide groups is 1. The van der Waals surface area contributed by atoms with E-state index in [-0.39, 0.29) is 18.4 Å². The molecule has 0 spiro atoms. The molecule has 0 saturated carbocycles. The normalized spacial score (nSPS) is 29.1. The lowest BCUT2D eigenvalue weighted by molar-refractivity contribution is -0.148. The fraction of sp³-hybridized carbons (Fsp3) is 0.778. The number of carbonyl (C=O) groups excluding carboxylic acids is 2. The molecule has 1 unspecified atom stereocenters. The fourth-order valence-corrected chi connectivity index (χ4v) is 1.34. The number of likely N-dealkylation sites (N-methyl/N-ethyl adjacent to an activating group) is 1. The fourth-order valence-electron chi connectivity index (χ4n) is 1.34. The first-order chi connectivity index (χ1) is 6.50. The molecular formula is C9H16N2O3. The molecule has 14 heavy (non-hydrogen) atoms.